The van der Waals surface area contributed by atoms with Gasteiger partial charge in [-0.25, -0.2) is 4.98 Å². The largest absolute Gasteiger partial charge is 0.302 e. The first-order valence-corrected chi connectivity index (χ1v) is 8.32. The van der Waals surface area contributed by atoms with E-state index in [-0.39, 0.29) is 23.1 Å². The summed E-state index contributed by atoms with van der Waals surface area (Å²) in [6.07, 6.45) is 1.55. The predicted octanol–water partition coefficient (Wildman–Crippen LogP) is 0.960. The van der Waals surface area contributed by atoms with Crippen molar-refractivity contribution < 1.29 is 14.0 Å². The first kappa shape index (κ1) is 16.2. The van der Waals surface area contributed by atoms with Crippen molar-refractivity contribution in [1.29, 1.82) is 0 Å². The number of rotatable bonds is 5. The Balaban J connectivity index is 1.79. The molecule has 0 saturated carbocycles. The van der Waals surface area contributed by atoms with Crippen LogP contribution in [0, 0.1) is 0 Å². The molecule has 1 N–H and O–H groups in total. The lowest BCUT2D eigenvalue weighted by Gasteiger charge is -2.10. The zero-order valence-electron chi connectivity index (χ0n) is 13.2. The first-order chi connectivity index (χ1) is 11.6. The number of nitrogens with one attached hydrogen (secondary N) is 1. The van der Waals surface area contributed by atoms with E-state index in [4.69, 9.17) is 4.52 Å². The molecule has 1 amide bonds. The number of fused-ring (bicyclic) bond motifs is 1. The quantitative estimate of drug-likeness (QED) is 0.420. The van der Waals surface area contributed by atoms with Gasteiger partial charge in [0, 0.05) is 6.54 Å². The molecule has 0 bridgehead atoms. The number of carbonyl (C=O) groups is 1. The van der Waals surface area contributed by atoms with E-state index in [1.807, 2.05) is 19.1 Å². The zero-order chi connectivity index (χ0) is 17.1. The van der Waals surface area contributed by atoms with Crippen LogP contribution in [0.25, 0.3) is 10.9 Å². The van der Waals surface area contributed by atoms with Gasteiger partial charge in [0.2, 0.25) is 5.91 Å². The van der Waals surface area contributed by atoms with Gasteiger partial charge in [-0.2, -0.15) is 0 Å². The lowest BCUT2D eigenvalue weighted by Crippen LogP contribution is -2.28. The fraction of sp³-hybridized carbons (Fsp3) is 0.267. The molecule has 3 rings (SSSR count). The predicted molar refractivity (Wildman–Crippen MR) is 88.7 cm³/mol. The molecule has 9 heteroatoms. The number of carbonyl (C=O) groups excluding carboxylic acids is 1. The number of para-hydroxylation sites is 1. The molecule has 124 valence electrons. The van der Waals surface area contributed by atoms with Crippen LogP contribution >= 0.6 is 11.8 Å². The lowest BCUT2D eigenvalue weighted by atomic mass is 10.2. The normalized spacial score (nSPS) is 10.9. The second-order valence-corrected chi connectivity index (χ2v) is 5.98. The van der Waals surface area contributed by atoms with Crippen LogP contribution in [0.1, 0.15) is 6.92 Å². The molecule has 0 saturated heterocycles. The van der Waals surface area contributed by atoms with E-state index in [0.717, 1.165) is 0 Å². The molecule has 0 aliphatic heterocycles. The SMILES string of the molecule is CCn1c(SCC(=O)Nc2c[n+](C)no2)nc2ccccc2c1=O. The molecule has 2 aromatic heterocycles. The van der Waals surface area contributed by atoms with Crippen LogP contribution in [0.4, 0.5) is 5.88 Å². The Morgan fingerprint density at radius 2 is 2.21 bits per heavy atom. The Morgan fingerprint density at radius 1 is 1.42 bits per heavy atom. The Kier molecular flexibility index (Phi) is 4.61. The van der Waals surface area contributed by atoms with E-state index in [1.165, 1.54) is 16.4 Å². The lowest BCUT2D eigenvalue weighted by molar-refractivity contribution is -0.739. The van der Waals surface area contributed by atoms with Crippen molar-refractivity contribution in [3.05, 3.63) is 40.8 Å². The summed E-state index contributed by atoms with van der Waals surface area (Å²) in [5.74, 6) is 0.110. The van der Waals surface area contributed by atoms with E-state index in [0.29, 0.717) is 22.6 Å². The van der Waals surface area contributed by atoms with E-state index in [9.17, 15) is 9.59 Å². The fourth-order valence-corrected chi connectivity index (χ4v) is 3.08. The van der Waals surface area contributed by atoms with Gasteiger partial charge < -0.3 is 0 Å². The summed E-state index contributed by atoms with van der Waals surface area (Å²) < 4.78 is 7.92. The summed E-state index contributed by atoms with van der Waals surface area (Å²) in [4.78, 5) is 29.0. The van der Waals surface area contributed by atoms with Gasteiger partial charge in [0.25, 0.3) is 11.8 Å². The number of anilines is 1. The standard InChI is InChI=1S/C15H15N5O3S/c1-3-20-14(22)10-6-4-5-7-11(10)16-15(20)24-9-12(21)17-13-8-19(2)18-23-13/h4-8H,3,9H2,1-2H3/p+1. The van der Waals surface area contributed by atoms with Crippen molar-refractivity contribution in [2.45, 2.75) is 18.6 Å². The minimum Gasteiger partial charge on any atom is -0.288 e. The third kappa shape index (κ3) is 3.30. The van der Waals surface area contributed by atoms with Crippen molar-refractivity contribution >= 4 is 34.5 Å². The number of aryl methyl sites for hydroxylation is 1. The molecule has 2 heterocycles. The molecule has 0 unspecified atom stereocenters. The number of nitrogens with zero attached hydrogens (tertiary/aromatic N) is 4. The van der Waals surface area contributed by atoms with Gasteiger partial charge in [0.05, 0.1) is 16.7 Å². The molecule has 0 radical (unpaired) electrons. The molecule has 24 heavy (non-hydrogen) atoms. The molecule has 3 aromatic rings. The Morgan fingerprint density at radius 3 is 2.92 bits per heavy atom. The highest BCUT2D eigenvalue weighted by atomic mass is 32.2. The highest BCUT2D eigenvalue weighted by Gasteiger charge is 2.14. The van der Waals surface area contributed by atoms with Gasteiger partial charge in [-0.3, -0.25) is 24.0 Å². The van der Waals surface area contributed by atoms with Gasteiger partial charge in [-0.15, -0.1) is 0 Å². The van der Waals surface area contributed by atoms with E-state index in [1.54, 1.807) is 29.9 Å². The molecule has 0 aliphatic rings. The minimum atomic E-state index is -0.262. The van der Waals surface area contributed by atoms with Crippen molar-refractivity contribution in [3.8, 4) is 0 Å². The number of amides is 1. The van der Waals surface area contributed by atoms with Gasteiger partial charge in [-0.1, -0.05) is 28.6 Å². The van der Waals surface area contributed by atoms with E-state index >= 15 is 0 Å². The first-order valence-electron chi connectivity index (χ1n) is 7.33. The molecular weight excluding hydrogens is 330 g/mol. The molecule has 0 spiro atoms. The van der Waals surface area contributed by atoms with Gasteiger partial charge in [0.15, 0.2) is 17.5 Å². The van der Waals surface area contributed by atoms with Crippen LogP contribution in [0.2, 0.25) is 0 Å². The maximum Gasteiger partial charge on any atom is 0.302 e. The second-order valence-electron chi connectivity index (χ2n) is 5.04. The van der Waals surface area contributed by atoms with Crippen LogP contribution in [0.5, 0.6) is 0 Å². The van der Waals surface area contributed by atoms with Crippen molar-refractivity contribution in [1.82, 2.24) is 14.8 Å². The number of aromatic nitrogens is 4. The number of hydrogen-bond donors (Lipinski definition) is 1. The summed E-state index contributed by atoms with van der Waals surface area (Å²) in [5, 5.41) is 7.31. The summed E-state index contributed by atoms with van der Waals surface area (Å²) in [7, 11) is 1.69. The topological polar surface area (TPSA) is 93.9 Å². The minimum absolute atomic E-state index is 0.103. The molecule has 8 nitrogen and oxygen atoms in total. The molecule has 0 aliphatic carbocycles. The summed E-state index contributed by atoms with van der Waals surface area (Å²) in [6.45, 7) is 2.36. The molecule has 1 aromatic carbocycles. The summed E-state index contributed by atoms with van der Waals surface area (Å²) in [6, 6.07) is 7.18. The molecule has 0 atom stereocenters. The Bertz CT molecular complexity index is 950. The average molecular weight is 346 g/mol. The molecule has 0 fully saturated rings. The van der Waals surface area contributed by atoms with Gasteiger partial charge in [-0.05, 0) is 19.1 Å². The van der Waals surface area contributed by atoms with Crippen molar-refractivity contribution in [2.75, 3.05) is 11.1 Å². The van der Waals surface area contributed by atoms with Crippen LogP contribution in [-0.2, 0) is 18.4 Å². The monoisotopic (exact) mass is 346 g/mol. The number of thioether (sulfide) groups is 1. The summed E-state index contributed by atoms with van der Waals surface area (Å²) >= 11 is 1.21. The van der Waals surface area contributed by atoms with E-state index in [2.05, 4.69) is 15.6 Å². The third-order valence-corrected chi connectivity index (χ3v) is 4.29. The smallest absolute Gasteiger partial charge is 0.288 e. The molecular formula is C15H16N5O3S+. The fourth-order valence-electron chi connectivity index (χ4n) is 2.22. The highest BCUT2D eigenvalue weighted by Crippen LogP contribution is 2.18. The van der Waals surface area contributed by atoms with Crippen molar-refractivity contribution in [3.63, 3.8) is 0 Å². The summed E-state index contributed by atoms with van der Waals surface area (Å²) in [5.41, 5.74) is 0.519. The van der Waals surface area contributed by atoms with Crippen LogP contribution in [0.15, 0.2) is 44.9 Å². The zero-order valence-corrected chi connectivity index (χ0v) is 14.0. The van der Waals surface area contributed by atoms with Crippen LogP contribution < -0.4 is 15.6 Å². The third-order valence-electron chi connectivity index (χ3n) is 3.31. The maximum absolute atomic E-state index is 12.5. The maximum atomic E-state index is 12.5. The Hall–Kier alpha value is -2.68. The van der Waals surface area contributed by atoms with Crippen molar-refractivity contribution in [2.24, 2.45) is 7.05 Å². The van der Waals surface area contributed by atoms with Gasteiger partial charge in [0.1, 0.15) is 0 Å². The van der Waals surface area contributed by atoms with Crippen LogP contribution in [0.3, 0.4) is 0 Å². The van der Waals surface area contributed by atoms with Crippen LogP contribution in [-0.4, -0.2) is 26.5 Å². The number of benzene rings is 1. The average Bonchev–Trinajstić information content (AvgIpc) is 2.98. The highest BCUT2D eigenvalue weighted by molar-refractivity contribution is 7.99. The Labute approximate surface area is 141 Å². The van der Waals surface area contributed by atoms with Gasteiger partial charge >= 0.3 is 5.88 Å². The number of hydrogen-bond acceptors (Lipinski definition) is 6. The second kappa shape index (κ2) is 6.83. The van der Waals surface area contributed by atoms with E-state index < -0.39 is 0 Å².